The number of benzene rings is 1. The highest BCUT2D eigenvalue weighted by Crippen LogP contribution is 2.37. The number of hydrogen-bond donors (Lipinski definition) is 2. The summed E-state index contributed by atoms with van der Waals surface area (Å²) in [6, 6.07) is 4.43. The predicted octanol–water partition coefficient (Wildman–Crippen LogP) is 1.57. The number of aromatic carboxylic acids is 1. The molecule has 1 saturated heterocycles. The standard InChI is InChI=1S/C14H14N2O5S/c17-13-10(14(18)19)8-11(9-4-3-5-15-12(9)13)16-6-1-2-7-22(16,20)21/h3-5,8,17H,1-2,6-7H2,(H,18,19). The van der Waals surface area contributed by atoms with Crippen molar-refractivity contribution < 1.29 is 23.4 Å². The monoisotopic (exact) mass is 322 g/mol. The summed E-state index contributed by atoms with van der Waals surface area (Å²) >= 11 is 0. The molecule has 116 valence electrons. The molecule has 8 heteroatoms. The summed E-state index contributed by atoms with van der Waals surface area (Å²) in [4.78, 5) is 15.3. The van der Waals surface area contributed by atoms with Gasteiger partial charge in [0, 0.05) is 18.1 Å². The molecular formula is C14H14N2O5S. The van der Waals surface area contributed by atoms with Gasteiger partial charge in [-0.05, 0) is 31.0 Å². The highest BCUT2D eigenvalue weighted by molar-refractivity contribution is 7.92. The molecule has 1 aliphatic heterocycles. The van der Waals surface area contributed by atoms with Crippen LogP contribution in [0.3, 0.4) is 0 Å². The number of nitrogens with zero attached hydrogens (tertiary/aromatic N) is 2. The molecule has 0 bridgehead atoms. The lowest BCUT2D eigenvalue weighted by atomic mass is 10.1. The fourth-order valence-corrected chi connectivity index (χ4v) is 4.29. The van der Waals surface area contributed by atoms with E-state index in [9.17, 15) is 23.4 Å². The largest absolute Gasteiger partial charge is 0.505 e. The summed E-state index contributed by atoms with van der Waals surface area (Å²) in [5, 5.41) is 19.7. The normalized spacial score (nSPS) is 17.5. The van der Waals surface area contributed by atoms with Gasteiger partial charge in [0.05, 0.1) is 11.4 Å². The second-order valence-electron chi connectivity index (χ2n) is 5.09. The maximum atomic E-state index is 12.3. The molecule has 22 heavy (non-hydrogen) atoms. The average Bonchev–Trinajstić information content (AvgIpc) is 2.48. The molecule has 0 amide bonds. The van der Waals surface area contributed by atoms with Crippen LogP contribution in [0.2, 0.25) is 0 Å². The van der Waals surface area contributed by atoms with Crippen molar-refractivity contribution in [2.75, 3.05) is 16.6 Å². The number of pyridine rings is 1. The number of phenols is 1. The summed E-state index contributed by atoms with van der Waals surface area (Å²) < 4.78 is 25.8. The second kappa shape index (κ2) is 5.13. The first-order valence-corrected chi connectivity index (χ1v) is 8.37. The number of hydrogen-bond acceptors (Lipinski definition) is 5. The second-order valence-corrected chi connectivity index (χ2v) is 7.10. The lowest BCUT2D eigenvalue weighted by Crippen LogP contribution is -2.38. The molecule has 0 aliphatic carbocycles. The minimum absolute atomic E-state index is 0.0258. The van der Waals surface area contributed by atoms with Crippen molar-refractivity contribution in [1.29, 1.82) is 0 Å². The van der Waals surface area contributed by atoms with E-state index in [0.717, 1.165) is 0 Å². The molecule has 2 aromatic rings. The van der Waals surface area contributed by atoms with E-state index in [-0.39, 0.29) is 29.1 Å². The lowest BCUT2D eigenvalue weighted by Gasteiger charge is -2.29. The van der Waals surface area contributed by atoms with Crippen molar-refractivity contribution in [3.05, 3.63) is 30.0 Å². The van der Waals surface area contributed by atoms with E-state index in [1.807, 2.05) is 0 Å². The molecule has 3 rings (SSSR count). The summed E-state index contributed by atoms with van der Waals surface area (Å²) in [5.41, 5.74) is -0.0295. The van der Waals surface area contributed by atoms with Crippen LogP contribution >= 0.6 is 0 Å². The Morgan fingerprint density at radius 3 is 2.77 bits per heavy atom. The van der Waals surface area contributed by atoms with Crippen molar-refractivity contribution >= 4 is 32.6 Å². The molecule has 0 radical (unpaired) electrons. The van der Waals surface area contributed by atoms with Gasteiger partial charge in [-0.15, -0.1) is 0 Å². The minimum Gasteiger partial charge on any atom is -0.505 e. The zero-order valence-corrected chi connectivity index (χ0v) is 12.4. The third kappa shape index (κ3) is 2.25. The Hall–Kier alpha value is -2.35. The van der Waals surface area contributed by atoms with Crippen LogP contribution in [0, 0.1) is 0 Å². The Morgan fingerprint density at radius 1 is 1.32 bits per heavy atom. The number of aromatic hydroxyl groups is 1. The van der Waals surface area contributed by atoms with E-state index in [0.29, 0.717) is 18.2 Å². The van der Waals surface area contributed by atoms with Gasteiger partial charge in [0.15, 0.2) is 5.75 Å². The van der Waals surface area contributed by atoms with Crippen LogP contribution in [0.5, 0.6) is 5.75 Å². The van der Waals surface area contributed by atoms with E-state index in [1.54, 1.807) is 12.1 Å². The van der Waals surface area contributed by atoms with Crippen LogP contribution in [-0.4, -0.2) is 41.9 Å². The number of carboxylic acids is 1. The molecule has 2 heterocycles. The van der Waals surface area contributed by atoms with Gasteiger partial charge in [-0.25, -0.2) is 13.2 Å². The van der Waals surface area contributed by atoms with Crippen LogP contribution in [0.25, 0.3) is 10.9 Å². The van der Waals surface area contributed by atoms with Crippen molar-refractivity contribution in [2.45, 2.75) is 12.8 Å². The number of rotatable bonds is 2. The van der Waals surface area contributed by atoms with Crippen molar-refractivity contribution in [2.24, 2.45) is 0 Å². The molecular weight excluding hydrogens is 308 g/mol. The fourth-order valence-electron chi connectivity index (χ4n) is 2.64. The van der Waals surface area contributed by atoms with E-state index in [4.69, 9.17) is 0 Å². The van der Waals surface area contributed by atoms with Crippen LogP contribution in [-0.2, 0) is 10.0 Å². The van der Waals surface area contributed by atoms with Crippen LogP contribution < -0.4 is 4.31 Å². The number of carboxylic acid groups (broad SMARTS) is 1. The highest BCUT2D eigenvalue weighted by Gasteiger charge is 2.29. The van der Waals surface area contributed by atoms with Crippen LogP contribution in [0.15, 0.2) is 24.4 Å². The van der Waals surface area contributed by atoms with Gasteiger partial charge in [-0.2, -0.15) is 0 Å². The van der Waals surface area contributed by atoms with Gasteiger partial charge in [0.25, 0.3) is 0 Å². The third-order valence-electron chi connectivity index (χ3n) is 3.69. The SMILES string of the molecule is O=C(O)c1cc(N2CCCCS2(=O)=O)c2cccnc2c1O. The predicted molar refractivity (Wildman–Crippen MR) is 80.7 cm³/mol. The van der Waals surface area contributed by atoms with Gasteiger partial charge < -0.3 is 10.2 Å². The van der Waals surface area contributed by atoms with E-state index < -0.39 is 21.7 Å². The number of aromatic nitrogens is 1. The molecule has 1 aromatic carbocycles. The van der Waals surface area contributed by atoms with Crippen LogP contribution in [0.1, 0.15) is 23.2 Å². The van der Waals surface area contributed by atoms with Crippen LogP contribution in [0.4, 0.5) is 5.69 Å². The average molecular weight is 322 g/mol. The smallest absolute Gasteiger partial charge is 0.339 e. The van der Waals surface area contributed by atoms with E-state index in [2.05, 4.69) is 4.98 Å². The fraction of sp³-hybridized carbons (Fsp3) is 0.286. The minimum atomic E-state index is -3.49. The first-order chi connectivity index (χ1) is 10.4. The molecule has 0 atom stereocenters. The van der Waals surface area contributed by atoms with E-state index >= 15 is 0 Å². The van der Waals surface area contributed by atoms with E-state index in [1.165, 1.54) is 16.6 Å². The molecule has 7 nitrogen and oxygen atoms in total. The Morgan fingerprint density at radius 2 is 2.09 bits per heavy atom. The third-order valence-corrected chi connectivity index (χ3v) is 5.55. The molecule has 0 saturated carbocycles. The first kappa shape index (κ1) is 14.6. The van der Waals surface area contributed by atoms with Gasteiger partial charge in [0.2, 0.25) is 10.0 Å². The molecule has 0 spiro atoms. The molecule has 0 unspecified atom stereocenters. The Kier molecular flexibility index (Phi) is 3.40. The van der Waals surface area contributed by atoms with Crippen molar-refractivity contribution in [3.63, 3.8) is 0 Å². The lowest BCUT2D eigenvalue weighted by molar-refractivity contribution is 0.0694. The highest BCUT2D eigenvalue weighted by atomic mass is 32.2. The summed E-state index contributed by atoms with van der Waals surface area (Å²) in [7, 11) is -3.49. The summed E-state index contributed by atoms with van der Waals surface area (Å²) in [6.45, 7) is 0.288. The van der Waals surface area contributed by atoms with Gasteiger partial charge >= 0.3 is 5.97 Å². The topological polar surface area (TPSA) is 108 Å². The molecule has 1 fully saturated rings. The maximum Gasteiger partial charge on any atom is 0.339 e. The number of sulfonamides is 1. The number of fused-ring (bicyclic) bond motifs is 1. The number of anilines is 1. The summed E-state index contributed by atoms with van der Waals surface area (Å²) in [5.74, 6) is -1.76. The molecule has 1 aromatic heterocycles. The zero-order chi connectivity index (χ0) is 15.9. The van der Waals surface area contributed by atoms with Gasteiger partial charge in [-0.3, -0.25) is 9.29 Å². The van der Waals surface area contributed by atoms with Crippen molar-refractivity contribution in [1.82, 2.24) is 4.98 Å². The zero-order valence-electron chi connectivity index (χ0n) is 11.6. The van der Waals surface area contributed by atoms with Gasteiger partial charge in [-0.1, -0.05) is 0 Å². The molecule has 2 N–H and O–H groups in total. The molecule has 1 aliphatic rings. The Bertz CT molecular complexity index is 863. The quantitative estimate of drug-likeness (QED) is 0.869. The van der Waals surface area contributed by atoms with Gasteiger partial charge in [0.1, 0.15) is 11.1 Å². The Balaban J connectivity index is 2.33. The Labute approximate surface area is 126 Å². The maximum absolute atomic E-state index is 12.3. The number of carbonyl (C=O) groups is 1. The summed E-state index contributed by atoms with van der Waals surface area (Å²) in [6.07, 6.45) is 2.70. The first-order valence-electron chi connectivity index (χ1n) is 6.76. The van der Waals surface area contributed by atoms with Crippen molar-refractivity contribution in [3.8, 4) is 5.75 Å².